The van der Waals surface area contributed by atoms with E-state index in [1.165, 1.54) is 0 Å². The minimum absolute atomic E-state index is 0.000283. The number of nitrogens with zero attached hydrogens (tertiary/aromatic N) is 3. The summed E-state index contributed by atoms with van der Waals surface area (Å²) in [4.78, 5) is 16.3. The first-order chi connectivity index (χ1) is 10.6. The van der Waals surface area contributed by atoms with Crippen LogP contribution in [0, 0.1) is 5.92 Å². The highest BCUT2D eigenvalue weighted by molar-refractivity contribution is 5.92. The van der Waals surface area contributed by atoms with Crippen molar-refractivity contribution in [3.8, 4) is 0 Å². The largest absolute Gasteiger partial charge is 0.393 e. The fraction of sp³-hybridized carbons (Fsp3) is 0.438. The Balaban J connectivity index is 1.69. The molecule has 2 heterocycles. The van der Waals surface area contributed by atoms with Gasteiger partial charge < -0.3 is 10.4 Å². The molecule has 22 heavy (non-hydrogen) atoms. The van der Waals surface area contributed by atoms with Gasteiger partial charge in [-0.25, -0.2) is 0 Å². The number of aryl methyl sites for hydroxylation is 1. The lowest BCUT2D eigenvalue weighted by atomic mass is 9.75. The van der Waals surface area contributed by atoms with Gasteiger partial charge in [0.2, 0.25) is 0 Å². The lowest BCUT2D eigenvalue weighted by Gasteiger charge is -2.38. The van der Waals surface area contributed by atoms with Gasteiger partial charge in [0.05, 0.1) is 6.10 Å². The van der Waals surface area contributed by atoms with Crippen LogP contribution in [0.2, 0.25) is 0 Å². The van der Waals surface area contributed by atoms with Gasteiger partial charge in [-0.15, -0.1) is 0 Å². The molecule has 1 amide bonds. The molecule has 6 heteroatoms. The van der Waals surface area contributed by atoms with Crippen LogP contribution in [0.5, 0.6) is 0 Å². The van der Waals surface area contributed by atoms with Gasteiger partial charge in [-0.3, -0.25) is 14.5 Å². The summed E-state index contributed by atoms with van der Waals surface area (Å²) in [5.74, 6) is 0.136. The molecule has 0 radical (unpaired) electrons. The third-order valence-corrected chi connectivity index (χ3v) is 4.19. The van der Waals surface area contributed by atoms with Crippen molar-refractivity contribution in [2.24, 2.45) is 13.0 Å². The maximum Gasteiger partial charge on any atom is 0.272 e. The number of pyridine rings is 1. The van der Waals surface area contributed by atoms with E-state index in [4.69, 9.17) is 0 Å². The van der Waals surface area contributed by atoms with Crippen molar-refractivity contribution in [1.29, 1.82) is 0 Å². The quantitative estimate of drug-likeness (QED) is 0.861. The summed E-state index contributed by atoms with van der Waals surface area (Å²) in [5.41, 5.74) is 1.55. The standard InChI is InChI=1S/C16H20N4O2/c1-20-7-4-14(19-20)16(22)18-15(12-9-13(21)10-12)8-11-2-5-17-6-3-11/h2-7,12-13,15,21H,8-10H2,1H3,(H,18,22)/t12?,13?,15-/m1/s1. The van der Waals surface area contributed by atoms with Gasteiger partial charge in [0.1, 0.15) is 5.69 Å². The number of hydrogen-bond donors (Lipinski definition) is 2. The van der Waals surface area contributed by atoms with E-state index in [2.05, 4.69) is 15.4 Å². The smallest absolute Gasteiger partial charge is 0.272 e. The van der Waals surface area contributed by atoms with Crippen molar-refractivity contribution in [3.63, 3.8) is 0 Å². The third-order valence-electron chi connectivity index (χ3n) is 4.19. The van der Waals surface area contributed by atoms with E-state index in [1.807, 2.05) is 12.1 Å². The average Bonchev–Trinajstić information content (AvgIpc) is 2.91. The Morgan fingerprint density at radius 1 is 1.41 bits per heavy atom. The summed E-state index contributed by atoms with van der Waals surface area (Å²) in [6.45, 7) is 0. The number of carbonyl (C=O) groups excluding carboxylic acids is 1. The topological polar surface area (TPSA) is 80.0 Å². The molecule has 2 aromatic rings. The molecule has 0 bridgehead atoms. The van der Waals surface area contributed by atoms with E-state index in [9.17, 15) is 9.90 Å². The molecule has 3 rings (SSSR count). The molecule has 2 N–H and O–H groups in total. The van der Waals surface area contributed by atoms with E-state index in [1.54, 1.807) is 36.4 Å². The Bertz CT molecular complexity index is 635. The third kappa shape index (κ3) is 3.33. The van der Waals surface area contributed by atoms with Crippen LogP contribution in [0.25, 0.3) is 0 Å². The Kier molecular flexibility index (Phi) is 4.20. The summed E-state index contributed by atoms with van der Waals surface area (Å²) >= 11 is 0. The Morgan fingerprint density at radius 2 is 2.14 bits per heavy atom. The van der Waals surface area contributed by atoms with Crippen molar-refractivity contribution in [2.75, 3.05) is 0 Å². The number of aliphatic hydroxyl groups is 1. The predicted molar refractivity (Wildman–Crippen MR) is 81.1 cm³/mol. The summed E-state index contributed by atoms with van der Waals surface area (Å²) in [6.07, 6.45) is 7.22. The van der Waals surface area contributed by atoms with Crippen LogP contribution in [-0.4, -0.2) is 37.9 Å². The van der Waals surface area contributed by atoms with E-state index in [-0.39, 0.29) is 18.1 Å². The van der Waals surface area contributed by atoms with E-state index in [0.29, 0.717) is 11.6 Å². The zero-order valence-corrected chi connectivity index (χ0v) is 12.5. The summed E-state index contributed by atoms with van der Waals surface area (Å²) in [5, 5.41) is 16.8. The highest BCUT2D eigenvalue weighted by Crippen LogP contribution is 2.31. The molecule has 0 spiro atoms. The minimum Gasteiger partial charge on any atom is -0.393 e. The SMILES string of the molecule is Cn1ccc(C(=O)N[C@H](Cc2ccncc2)C2CC(O)C2)n1. The molecular weight excluding hydrogens is 280 g/mol. The Labute approximate surface area is 129 Å². The molecule has 0 saturated heterocycles. The van der Waals surface area contributed by atoms with Crippen LogP contribution in [0.3, 0.4) is 0 Å². The fourth-order valence-electron chi connectivity index (χ4n) is 2.85. The maximum absolute atomic E-state index is 12.3. The van der Waals surface area contributed by atoms with Crippen LogP contribution in [0.1, 0.15) is 28.9 Å². The number of aliphatic hydroxyl groups excluding tert-OH is 1. The molecule has 0 aromatic carbocycles. The van der Waals surface area contributed by atoms with Crippen molar-refractivity contribution < 1.29 is 9.90 Å². The molecule has 1 aliphatic rings. The number of carbonyl (C=O) groups is 1. The molecule has 1 atom stereocenters. The first-order valence-electron chi connectivity index (χ1n) is 7.49. The molecule has 0 unspecified atom stereocenters. The van der Waals surface area contributed by atoms with Crippen molar-refractivity contribution >= 4 is 5.91 Å². The molecule has 6 nitrogen and oxygen atoms in total. The van der Waals surface area contributed by atoms with Gasteiger partial charge in [-0.05, 0) is 48.9 Å². The second kappa shape index (κ2) is 6.27. The van der Waals surface area contributed by atoms with Crippen molar-refractivity contribution in [2.45, 2.75) is 31.4 Å². The van der Waals surface area contributed by atoms with E-state index in [0.717, 1.165) is 24.8 Å². The zero-order valence-electron chi connectivity index (χ0n) is 12.5. The van der Waals surface area contributed by atoms with Gasteiger partial charge in [0.15, 0.2) is 0 Å². The summed E-state index contributed by atoms with van der Waals surface area (Å²) in [6, 6.07) is 5.61. The zero-order chi connectivity index (χ0) is 15.5. The van der Waals surface area contributed by atoms with Crippen molar-refractivity contribution in [1.82, 2.24) is 20.1 Å². The normalized spacial score (nSPS) is 21.9. The Hall–Kier alpha value is -2.21. The van der Waals surface area contributed by atoms with Gasteiger partial charge in [-0.1, -0.05) is 0 Å². The van der Waals surface area contributed by atoms with Crippen LogP contribution < -0.4 is 5.32 Å². The van der Waals surface area contributed by atoms with Crippen LogP contribution >= 0.6 is 0 Å². The minimum atomic E-state index is -0.239. The number of amides is 1. The molecule has 1 aliphatic carbocycles. The highest BCUT2D eigenvalue weighted by atomic mass is 16.3. The molecule has 1 saturated carbocycles. The van der Waals surface area contributed by atoms with Gasteiger partial charge in [0.25, 0.3) is 5.91 Å². The first kappa shape index (κ1) is 14.7. The van der Waals surface area contributed by atoms with Crippen LogP contribution in [0.4, 0.5) is 0 Å². The predicted octanol–water partition coefficient (Wildman–Crippen LogP) is 0.927. The molecule has 1 fully saturated rings. The highest BCUT2D eigenvalue weighted by Gasteiger charge is 2.35. The lowest BCUT2D eigenvalue weighted by Crippen LogP contribution is -2.48. The van der Waals surface area contributed by atoms with Crippen LogP contribution in [-0.2, 0) is 13.5 Å². The van der Waals surface area contributed by atoms with Gasteiger partial charge in [0, 0.05) is 31.7 Å². The van der Waals surface area contributed by atoms with Gasteiger partial charge >= 0.3 is 0 Å². The second-order valence-corrected chi connectivity index (χ2v) is 5.90. The van der Waals surface area contributed by atoms with Crippen molar-refractivity contribution in [3.05, 3.63) is 48.0 Å². The fourth-order valence-corrected chi connectivity index (χ4v) is 2.85. The number of rotatable bonds is 5. The number of nitrogens with one attached hydrogen (secondary N) is 1. The first-order valence-corrected chi connectivity index (χ1v) is 7.49. The second-order valence-electron chi connectivity index (χ2n) is 5.90. The summed E-state index contributed by atoms with van der Waals surface area (Å²) < 4.78 is 1.61. The summed E-state index contributed by atoms with van der Waals surface area (Å²) in [7, 11) is 1.79. The number of aromatic nitrogens is 3. The lowest BCUT2D eigenvalue weighted by molar-refractivity contribution is 0.0238. The molecular formula is C16H20N4O2. The monoisotopic (exact) mass is 300 g/mol. The molecule has 0 aliphatic heterocycles. The van der Waals surface area contributed by atoms with E-state index >= 15 is 0 Å². The Morgan fingerprint density at radius 3 is 2.73 bits per heavy atom. The maximum atomic E-state index is 12.3. The average molecular weight is 300 g/mol. The van der Waals surface area contributed by atoms with Crippen LogP contribution in [0.15, 0.2) is 36.8 Å². The van der Waals surface area contributed by atoms with E-state index < -0.39 is 0 Å². The van der Waals surface area contributed by atoms with Gasteiger partial charge in [-0.2, -0.15) is 5.10 Å². The molecule has 2 aromatic heterocycles. The number of hydrogen-bond acceptors (Lipinski definition) is 4. The molecule has 116 valence electrons.